The maximum Gasteiger partial charge on any atom is 0.302 e. The molecule has 3 heterocycles. The van der Waals surface area contributed by atoms with Crippen LogP contribution in [0.25, 0.3) is 10.9 Å². The van der Waals surface area contributed by atoms with Crippen LogP contribution in [-0.2, 0) is 20.1 Å². The molecule has 0 aliphatic carbocycles. The van der Waals surface area contributed by atoms with Gasteiger partial charge in [-0.3, -0.25) is 4.79 Å². The number of nitrogens with zero attached hydrogens (tertiary/aromatic N) is 2. The molecule has 0 bridgehead atoms. The molecule has 2 aromatic heterocycles. The third kappa shape index (κ3) is 8.38. The molecule has 3 rings (SSSR count). The van der Waals surface area contributed by atoms with Gasteiger partial charge in [0.2, 0.25) is 5.79 Å². The van der Waals surface area contributed by atoms with Crippen molar-refractivity contribution in [3.8, 4) is 0 Å². The van der Waals surface area contributed by atoms with E-state index in [2.05, 4.69) is 9.97 Å². The average Bonchev–Trinajstić information content (AvgIpc) is 3.17. The Bertz CT molecular complexity index is 743. The highest BCUT2D eigenvalue weighted by atomic mass is 32.2. The van der Waals surface area contributed by atoms with Gasteiger partial charge in [0, 0.05) is 30.3 Å². The first-order valence-electron chi connectivity index (χ1n) is 8.56. The normalized spacial score (nSPS) is 21.4. The molecule has 1 fully saturated rings. The lowest BCUT2D eigenvalue weighted by Crippen LogP contribution is -2.27. The average molecular weight is 433 g/mol. The lowest BCUT2D eigenvalue weighted by Gasteiger charge is -2.22. The van der Waals surface area contributed by atoms with Crippen molar-refractivity contribution in [3.05, 3.63) is 22.8 Å². The summed E-state index contributed by atoms with van der Waals surface area (Å²) in [6.07, 6.45) is 8.04. The van der Waals surface area contributed by atoms with E-state index in [0.29, 0.717) is 23.2 Å². The van der Waals surface area contributed by atoms with Crippen molar-refractivity contribution >= 4 is 40.0 Å². The van der Waals surface area contributed by atoms with E-state index in [1.54, 1.807) is 18.0 Å². The van der Waals surface area contributed by atoms with Gasteiger partial charge in [-0.1, -0.05) is 0 Å². The molecule has 2 aromatic rings. The zero-order valence-electron chi connectivity index (χ0n) is 16.7. The standard InChI is InChI=1S/C13H14N2O4S.C3H8O2.C2H6S/c1-8(16)18-5-10-2-3-13(17,19-10)12-11-9(6-20-12)4-14-7-15-11;1-3(2,4)5;1-3-2/h4,6-7,10,17H,2-3,5H2,1H3;4-5H,1-2H3;1-2H3. The zero-order chi connectivity index (χ0) is 21.4. The van der Waals surface area contributed by atoms with Crippen LogP contribution < -0.4 is 0 Å². The number of aromatic nitrogens is 2. The van der Waals surface area contributed by atoms with Gasteiger partial charge in [0.05, 0.1) is 16.5 Å². The predicted molar refractivity (Wildman–Crippen MR) is 110 cm³/mol. The number of thioether (sulfide) groups is 1. The number of carbonyl (C=O) groups is 1. The van der Waals surface area contributed by atoms with E-state index in [0.717, 1.165) is 5.39 Å². The fourth-order valence-electron chi connectivity index (χ4n) is 2.32. The number of thiophene rings is 1. The molecular weight excluding hydrogens is 404 g/mol. The highest BCUT2D eigenvalue weighted by molar-refractivity contribution is 7.97. The third-order valence-corrected chi connectivity index (χ3v) is 4.37. The first-order chi connectivity index (χ1) is 13.0. The molecule has 8 nitrogen and oxygen atoms in total. The van der Waals surface area contributed by atoms with E-state index in [-0.39, 0.29) is 18.7 Å². The Labute approximate surface area is 172 Å². The van der Waals surface area contributed by atoms with Crippen molar-refractivity contribution in [2.75, 3.05) is 19.1 Å². The summed E-state index contributed by atoms with van der Waals surface area (Å²) in [5.41, 5.74) is 0.709. The van der Waals surface area contributed by atoms with Crippen molar-refractivity contribution < 1.29 is 29.6 Å². The van der Waals surface area contributed by atoms with Gasteiger partial charge in [-0.05, 0) is 32.8 Å². The van der Waals surface area contributed by atoms with E-state index in [4.69, 9.17) is 19.7 Å². The summed E-state index contributed by atoms with van der Waals surface area (Å²) < 4.78 is 10.6. The van der Waals surface area contributed by atoms with Gasteiger partial charge >= 0.3 is 5.97 Å². The molecule has 1 saturated heterocycles. The maximum atomic E-state index is 10.8. The van der Waals surface area contributed by atoms with Gasteiger partial charge < -0.3 is 24.8 Å². The summed E-state index contributed by atoms with van der Waals surface area (Å²) in [4.78, 5) is 19.6. The molecule has 1 aliphatic heterocycles. The van der Waals surface area contributed by atoms with Crippen molar-refractivity contribution in [2.45, 2.75) is 51.3 Å². The molecule has 28 heavy (non-hydrogen) atoms. The van der Waals surface area contributed by atoms with E-state index in [1.807, 2.05) is 17.9 Å². The van der Waals surface area contributed by atoms with Gasteiger partial charge in [0.15, 0.2) is 5.79 Å². The van der Waals surface area contributed by atoms with Crippen LogP contribution in [0, 0.1) is 0 Å². The van der Waals surface area contributed by atoms with Crippen LogP contribution in [0.2, 0.25) is 0 Å². The monoisotopic (exact) mass is 432 g/mol. The number of fused-ring (bicyclic) bond motifs is 1. The Morgan fingerprint density at radius 2 is 2.07 bits per heavy atom. The number of hydrogen-bond donors (Lipinski definition) is 3. The highest BCUT2D eigenvalue weighted by Crippen LogP contribution is 2.42. The molecule has 2 unspecified atom stereocenters. The summed E-state index contributed by atoms with van der Waals surface area (Å²) in [6, 6.07) is 0. The second-order valence-electron chi connectivity index (χ2n) is 6.66. The van der Waals surface area contributed by atoms with Crippen LogP contribution in [0.15, 0.2) is 17.9 Å². The molecule has 158 valence electrons. The molecule has 0 radical (unpaired) electrons. The van der Waals surface area contributed by atoms with Crippen molar-refractivity contribution in [3.63, 3.8) is 0 Å². The minimum atomic E-state index is -1.50. The van der Waals surface area contributed by atoms with E-state index in [9.17, 15) is 9.90 Å². The van der Waals surface area contributed by atoms with Crippen LogP contribution >= 0.6 is 23.1 Å². The van der Waals surface area contributed by atoms with Crippen molar-refractivity contribution in [1.82, 2.24) is 9.97 Å². The minimum absolute atomic E-state index is 0.163. The number of hydrogen-bond acceptors (Lipinski definition) is 10. The summed E-state index contributed by atoms with van der Waals surface area (Å²) >= 11 is 3.15. The van der Waals surface area contributed by atoms with E-state index >= 15 is 0 Å². The van der Waals surface area contributed by atoms with Crippen LogP contribution in [0.4, 0.5) is 0 Å². The summed E-state index contributed by atoms with van der Waals surface area (Å²) in [6.45, 7) is 4.11. The molecular formula is C18H28N2O6S2. The molecule has 10 heteroatoms. The SMILES string of the molecule is CC(=O)OCC1CCC(O)(c2scc3cncnc23)O1.CC(C)(O)O.CSC. The smallest absolute Gasteiger partial charge is 0.302 e. The fraction of sp³-hybridized carbons (Fsp3) is 0.611. The second kappa shape index (κ2) is 11.0. The van der Waals surface area contributed by atoms with Crippen LogP contribution in [0.3, 0.4) is 0 Å². The van der Waals surface area contributed by atoms with Crippen molar-refractivity contribution in [2.24, 2.45) is 0 Å². The third-order valence-electron chi connectivity index (χ3n) is 3.25. The Balaban J connectivity index is 0.000000421. The van der Waals surface area contributed by atoms with E-state index in [1.165, 1.54) is 38.4 Å². The lowest BCUT2D eigenvalue weighted by molar-refractivity contribution is -0.205. The molecule has 0 spiro atoms. The molecule has 0 amide bonds. The zero-order valence-corrected chi connectivity index (χ0v) is 18.3. The van der Waals surface area contributed by atoms with E-state index < -0.39 is 11.6 Å². The Morgan fingerprint density at radius 1 is 1.46 bits per heavy atom. The van der Waals surface area contributed by atoms with Gasteiger partial charge in [0.25, 0.3) is 0 Å². The molecule has 1 aliphatic rings. The summed E-state index contributed by atoms with van der Waals surface area (Å²) in [5, 5.41) is 29.6. The number of esters is 1. The fourth-order valence-corrected chi connectivity index (χ4v) is 3.35. The first kappa shape index (κ1) is 24.7. The molecule has 3 N–H and O–H groups in total. The van der Waals surface area contributed by atoms with Gasteiger partial charge in [0.1, 0.15) is 12.9 Å². The Kier molecular flexibility index (Phi) is 9.75. The van der Waals surface area contributed by atoms with Crippen LogP contribution in [0.5, 0.6) is 0 Å². The Morgan fingerprint density at radius 3 is 2.64 bits per heavy atom. The summed E-state index contributed by atoms with van der Waals surface area (Å²) in [5.74, 6) is -3.20. The first-order valence-corrected chi connectivity index (χ1v) is 11.1. The van der Waals surface area contributed by atoms with Crippen molar-refractivity contribution in [1.29, 1.82) is 0 Å². The minimum Gasteiger partial charge on any atom is -0.463 e. The maximum absolute atomic E-state index is 10.8. The van der Waals surface area contributed by atoms with Gasteiger partial charge in [-0.25, -0.2) is 9.97 Å². The molecule has 0 saturated carbocycles. The number of carbonyl (C=O) groups excluding carboxylic acids is 1. The number of ether oxygens (including phenoxy) is 2. The predicted octanol–water partition coefficient (Wildman–Crippen LogP) is 2.26. The van der Waals surface area contributed by atoms with Gasteiger partial charge in [-0.15, -0.1) is 11.3 Å². The van der Waals surface area contributed by atoms with Crippen LogP contribution in [-0.4, -0.2) is 62.3 Å². The summed E-state index contributed by atoms with van der Waals surface area (Å²) in [7, 11) is 0. The molecule has 2 atom stereocenters. The topological polar surface area (TPSA) is 122 Å². The molecule has 0 aromatic carbocycles. The highest BCUT2D eigenvalue weighted by Gasteiger charge is 2.42. The largest absolute Gasteiger partial charge is 0.463 e. The Hall–Kier alpha value is -1.30. The number of rotatable bonds is 3. The van der Waals surface area contributed by atoms with Gasteiger partial charge in [-0.2, -0.15) is 11.8 Å². The number of aliphatic hydroxyl groups is 3. The van der Waals surface area contributed by atoms with Crippen LogP contribution in [0.1, 0.15) is 38.5 Å². The lowest BCUT2D eigenvalue weighted by atomic mass is 10.1. The second-order valence-corrected chi connectivity index (χ2v) is 8.36. The quantitative estimate of drug-likeness (QED) is 0.495.